The molecule has 0 spiro atoms. The van der Waals surface area contributed by atoms with E-state index in [1.807, 2.05) is 12.1 Å². The zero-order chi connectivity index (χ0) is 22.2. The number of benzene rings is 2. The van der Waals surface area contributed by atoms with E-state index >= 15 is 0 Å². The first-order valence-electron chi connectivity index (χ1n) is 9.50. The highest BCUT2D eigenvalue weighted by Crippen LogP contribution is 2.27. The van der Waals surface area contributed by atoms with Crippen LogP contribution < -0.4 is 8.92 Å². The molecule has 2 rings (SSSR count). The van der Waals surface area contributed by atoms with Crippen molar-refractivity contribution in [3.05, 3.63) is 59.7 Å². The van der Waals surface area contributed by atoms with Crippen molar-refractivity contribution in [3.8, 4) is 11.5 Å². The Morgan fingerprint density at radius 1 is 0.867 bits per heavy atom. The molecule has 30 heavy (non-hydrogen) atoms. The molecule has 0 aliphatic carbocycles. The third-order valence-electron chi connectivity index (χ3n) is 4.25. The molecule has 5 nitrogen and oxygen atoms in total. The van der Waals surface area contributed by atoms with Gasteiger partial charge in [0.05, 0.1) is 0 Å². The fraction of sp³-hybridized carbons (Fsp3) is 0.381. The van der Waals surface area contributed by atoms with Crippen LogP contribution in [0.1, 0.15) is 43.7 Å². The van der Waals surface area contributed by atoms with Crippen LogP contribution in [0.3, 0.4) is 0 Å². The Labute approximate surface area is 173 Å². The normalized spacial score (nSPS) is 11.9. The summed E-state index contributed by atoms with van der Waals surface area (Å²) >= 11 is 0. The van der Waals surface area contributed by atoms with Crippen molar-refractivity contribution in [2.45, 2.75) is 51.0 Å². The highest BCUT2D eigenvalue weighted by Gasteiger charge is 2.48. The number of unbranched alkanes of at least 4 members (excludes halogenated alkanes) is 2. The first-order chi connectivity index (χ1) is 14.1. The van der Waals surface area contributed by atoms with Crippen molar-refractivity contribution >= 4 is 16.1 Å². The number of carbonyl (C=O) groups excluding carboxylic acids is 1. The van der Waals surface area contributed by atoms with Crippen molar-refractivity contribution in [3.63, 3.8) is 0 Å². The van der Waals surface area contributed by atoms with Gasteiger partial charge in [0.15, 0.2) is 0 Å². The Balaban J connectivity index is 1.85. The number of esters is 1. The van der Waals surface area contributed by atoms with E-state index in [2.05, 4.69) is 11.1 Å². The highest BCUT2D eigenvalue weighted by molar-refractivity contribution is 7.88. The number of ether oxygens (including phenoxy) is 1. The smallest absolute Gasteiger partial charge is 0.427 e. The van der Waals surface area contributed by atoms with Crippen LogP contribution in [0.5, 0.6) is 11.5 Å². The van der Waals surface area contributed by atoms with E-state index in [1.54, 1.807) is 12.1 Å². The SMILES string of the molecule is CCCCCC(=O)Oc1ccc(CCc2ccc(OS(=O)(=O)C(F)(F)F)cc2)cc1. The summed E-state index contributed by atoms with van der Waals surface area (Å²) in [5.41, 5.74) is -3.68. The minimum Gasteiger partial charge on any atom is -0.427 e. The Morgan fingerprint density at radius 2 is 1.37 bits per heavy atom. The number of hydrogen-bond acceptors (Lipinski definition) is 5. The molecule has 0 saturated heterocycles. The van der Waals surface area contributed by atoms with Crippen LogP contribution in [-0.4, -0.2) is 19.9 Å². The van der Waals surface area contributed by atoms with E-state index < -0.39 is 21.4 Å². The number of aryl methyl sites for hydroxylation is 2. The zero-order valence-corrected chi connectivity index (χ0v) is 17.3. The molecule has 0 aliphatic heterocycles. The largest absolute Gasteiger partial charge is 0.534 e. The van der Waals surface area contributed by atoms with Crippen molar-refractivity contribution < 1.29 is 35.3 Å². The van der Waals surface area contributed by atoms with Crippen LogP contribution in [0.2, 0.25) is 0 Å². The second-order valence-corrected chi connectivity index (χ2v) is 8.24. The molecule has 0 N–H and O–H groups in total. The van der Waals surface area contributed by atoms with Gasteiger partial charge in [0, 0.05) is 6.42 Å². The summed E-state index contributed by atoms with van der Waals surface area (Å²) in [6.45, 7) is 2.06. The van der Waals surface area contributed by atoms with Gasteiger partial charge in [0.25, 0.3) is 0 Å². The summed E-state index contributed by atoms with van der Waals surface area (Å²) in [4.78, 5) is 11.7. The molecule has 0 radical (unpaired) electrons. The van der Waals surface area contributed by atoms with Crippen LogP contribution in [0.4, 0.5) is 13.2 Å². The van der Waals surface area contributed by atoms with Crippen LogP contribution in [0, 0.1) is 0 Å². The van der Waals surface area contributed by atoms with E-state index in [0.717, 1.165) is 30.4 Å². The van der Waals surface area contributed by atoms with Gasteiger partial charge in [0.2, 0.25) is 0 Å². The molecular weight excluding hydrogens is 421 g/mol. The molecule has 0 amide bonds. The van der Waals surface area contributed by atoms with E-state index in [4.69, 9.17) is 4.74 Å². The maximum atomic E-state index is 12.3. The average molecular weight is 444 g/mol. The number of halogens is 3. The van der Waals surface area contributed by atoms with Crippen LogP contribution >= 0.6 is 0 Å². The topological polar surface area (TPSA) is 69.7 Å². The molecule has 164 valence electrons. The van der Waals surface area contributed by atoms with Gasteiger partial charge in [0.1, 0.15) is 11.5 Å². The fourth-order valence-corrected chi connectivity index (χ4v) is 3.06. The van der Waals surface area contributed by atoms with Crippen molar-refractivity contribution in [2.24, 2.45) is 0 Å². The van der Waals surface area contributed by atoms with Gasteiger partial charge in [-0.2, -0.15) is 21.6 Å². The van der Waals surface area contributed by atoms with E-state index in [9.17, 15) is 26.4 Å². The number of rotatable bonds is 10. The molecule has 0 unspecified atom stereocenters. The lowest BCUT2D eigenvalue weighted by molar-refractivity contribution is -0.134. The second-order valence-electron chi connectivity index (χ2n) is 6.70. The van der Waals surface area contributed by atoms with Gasteiger partial charge < -0.3 is 8.92 Å². The molecule has 2 aromatic carbocycles. The Bertz CT molecular complexity index is 921. The standard InChI is InChI=1S/C21H23F3O5S/c1-2-3-4-5-20(25)28-18-12-8-16(9-13-18)6-7-17-10-14-19(15-11-17)29-30(26,27)21(22,23)24/h8-15H,2-7H2,1H3. The van der Waals surface area contributed by atoms with E-state index in [1.165, 1.54) is 24.3 Å². The van der Waals surface area contributed by atoms with Gasteiger partial charge in [-0.3, -0.25) is 4.79 Å². The molecule has 0 saturated carbocycles. The van der Waals surface area contributed by atoms with Gasteiger partial charge in [-0.1, -0.05) is 44.0 Å². The van der Waals surface area contributed by atoms with Gasteiger partial charge in [-0.05, 0) is 54.7 Å². The summed E-state index contributed by atoms with van der Waals surface area (Å²) < 4.78 is 68.3. The fourth-order valence-electron chi connectivity index (χ4n) is 2.60. The summed E-state index contributed by atoms with van der Waals surface area (Å²) in [6.07, 6.45) is 4.44. The third kappa shape index (κ3) is 7.37. The van der Waals surface area contributed by atoms with Crippen molar-refractivity contribution in [1.82, 2.24) is 0 Å². The van der Waals surface area contributed by atoms with Crippen molar-refractivity contribution in [2.75, 3.05) is 0 Å². The molecule has 9 heteroatoms. The lowest BCUT2D eigenvalue weighted by Gasteiger charge is -2.10. The minimum absolute atomic E-state index is 0.258. The van der Waals surface area contributed by atoms with Crippen LogP contribution in [0.15, 0.2) is 48.5 Å². The average Bonchev–Trinajstić information content (AvgIpc) is 2.68. The maximum Gasteiger partial charge on any atom is 0.534 e. The van der Waals surface area contributed by atoms with Gasteiger partial charge in [-0.25, -0.2) is 0 Å². The molecule has 0 heterocycles. The lowest BCUT2D eigenvalue weighted by Crippen LogP contribution is -2.28. The summed E-state index contributed by atoms with van der Waals surface area (Å²) in [5.74, 6) is -0.181. The summed E-state index contributed by atoms with van der Waals surface area (Å²) in [7, 11) is -5.67. The first kappa shape index (κ1) is 23.7. The lowest BCUT2D eigenvalue weighted by atomic mass is 10.0. The predicted octanol–water partition coefficient (Wildman–Crippen LogP) is 5.19. The zero-order valence-electron chi connectivity index (χ0n) is 16.4. The minimum atomic E-state index is -5.67. The number of alkyl halides is 3. The predicted molar refractivity (Wildman–Crippen MR) is 106 cm³/mol. The Kier molecular flexibility index (Phi) is 8.28. The highest BCUT2D eigenvalue weighted by atomic mass is 32.2. The molecule has 0 aliphatic rings. The van der Waals surface area contributed by atoms with Gasteiger partial charge in [-0.15, -0.1) is 0 Å². The maximum absolute atomic E-state index is 12.3. The van der Waals surface area contributed by atoms with Crippen LogP contribution in [-0.2, 0) is 27.8 Å². The number of hydrogen-bond donors (Lipinski definition) is 0. The van der Waals surface area contributed by atoms with Gasteiger partial charge >= 0.3 is 21.6 Å². The third-order valence-corrected chi connectivity index (χ3v) is 5.23. The first-order valence-corrected chi connectivity index (χ1v) is 10.9. The Morgan fingerprint density at radius 3 is 1.83 bits per heavy atom. The van der Waals surface area contributed by atoms with E-state index in [0.29, 0.717) is 25.0 Å². The Hall–Kier alpha value is -2.55. The van der Waals surface area contributed by atoms with Crippen molar-refractivity contribution in [1.29, 1.82) is 0 Å². The molecule has 0 atom stereocenters. The molecule has 0 aromatic heterocycles. The monoisotopic (exact) mass is 444 g/mol. The van der Waals surface area contributed by atoms with Crippen LogP contribution in [0.25, 0.3) is 0 Å². The molecular formula is C21H23F3O5S. The molecule has 0 bridgehead atoms. The second kappa shape index (κ2) is 10.5. The van der Waals surface area contributed by atoms with E-state index in [-0.39, 0.29) is 5.97 Å². The summed E-state index contributed by atoms with van der Waals surface area (Å²) in [6, 6.07) is 12.5. The quantitative estimate of drug-likeness (QED) is 0.166. The summed E-state index contributed by atoms with van der Waals surface area (Å²) in [5, 5.41) is 0. The number of carbonyl (C=O) groups is 1. The molecule has 0 fully saturated rings. The molecule has 2 aromatic rings.